The molecule has 21 nitrogen and oxygen atoms in total. The number of benzene rings is 5. The van der Waals surface area contributed by atoms with Gasteiger partial charge in [-0.05, 0) is 91.4 Å². The molecule has 4 aromatic rings. The number of aliphatic hydroxyl groups is 4. The van der Waals surface area contributed by atoms with E-state index in [0.29, 0.717) is 37.7 Å². The third-order valence-electron chi connectivity index (χ3n) is 21.1. The van der Waals surface area contributed by atoms with Gasteiger partial charge >= 0.3 is 29.8 Å². The van der Waals surface area contributed by atoms with Gasteiger partial charge in [-0.15, -0.1) is 0 Å². The molecule has 11 atom stereocenters. The number of amides is 2. The van der Waals surface area contributed by atoms with Gasteiger partial charge in [-0.25, -0.2) is 32.1 Å². The molecule has 100 heavy (non-hydrogen) atoms. The molecule has 2 saturated carbocycles. The highest BCUT2D eigenvalue weighted by atomic mass is 19.3. The van der Waals surface area contributed by atoms with E-state index in [-0.39, 0.29) is 92.7 Å². The molecule has 4 aliphatic heterocycles. The molecular formula is C73H75F6N4O17+. The number of hydrogen-bond acceptors (Lipinski definition) is 17. The molecule has 2 bridgehead atoms. The van der Waals surface area contributed by atoms with Crippen molar-refractivity contribution < 1.29 is 109 Å². The van der Waals surface area contributed by atoms with Crippen LogP contribution in [0.2, 0.25) is 0 Å². The Bertz CT molecular complexity index is 4360. The number of aliphatic hydroxyl groups excluding tert-OH is 3. The average Bonchev–Trinajstić information content (AvgIpc) is 0.670. The number of rotatable bonds is 20. The molecule has 0 radical (unpaired) electrons. The first-order chi connectivity index (χ1) is 47.2. The predicted molar refractivity (Wildman–Crippen MR) is 345 cm³/mol. The maximum atomic E-state index is 16.0. The third kappa shape index (κ3) is 12.6. The van der Waals surface area contributed by atoms with Crippen LogP contribution in [0.4, 0.5) is 32.0 Å². The van der Waals surface area contributed by atoms with Crippen LogP contribution in [-0.2, 0) is 38.1 Å². The molecule has 0 spiro atoms. The summed E-state index contributed by atoms with van der Waals surface area (Å²) in [5.74, 6) is -16.7. The first-order valence-electron chi connectivity index (χ1n) is 33.0. The highest BCUT2D eigenvalue weighted by Gasteiger charge is 2.78. The largest absolute Gasteiger partial charge is 0.478 e. The number of carboxylic acid groups (broad SMARTS) is 1. The molecule has 8 aliphatic rings. The van der Waals surface area contributed by atoms with Crippen molar-refractivity contribution >= 4 is 58.1 Å². The number of nitrogens with zero attached hydrogens (tertiary/aromatic N) is 2. The van der Waals surface area contributed by atoms with Crippen LogP contribution < -0.4 is 25.5 Å². The molecule has 3 saturated heterocycles. The second-order valence-electron chi connectivity index (χ2n) is 27.8. The van der Waals surface area contributed by atoms with Crippen molar-refractivity contribution in [2.45, 2.75) is 152 Å². The van der Waals surface area contributed by atoms with Crippen molar-refractivity contribution in [1.82, 2.24) is 15.2 Å². The minimum absolute atomic E-state index is 0.0308. The van der Waals surface area contributed by atoms with Crippen molar-refractivity contribution in [2.75, 3.05) is 44.2 Å². The van der Waals surface area contributed by atoms with Crippen LogP contribution in [0, 0.1) is 28.4 Å². The quantitative estimate of drug-likeness (QED) is 0.00724. The van der Waals surface area contributed by atoms with E-state index in [9.17, 15) is 71.9 Å². The van der Waals surface area contributed by atoms with Crippen LogP contribution in [0.5, 0.6) is 0 Å². The zero-order chi connectivity index (χ0) is 71.9. The number of alkyl halides is 4. The molecule has 4 heterocycles. The molecule has 0 unspecified atom stereocenters. The maximum Gasteiger partial charge on any atom is 0.361 e. The fraction of sp³-hybridized carbons (Fsp3) is 0.452. The molecule has 7 N–H and O–H groups in total. The van der Waals surface area contributed by atoms with Gasteiger partial charge in [-0.3, -0.25) is 19.2 Å². The predicted octanol–water partition coefficient (Wildman–Crippen LogP) is 7.99. The van der Waals surface area contributed by atoms with Gasteiger partial charge in [-0.2, -0.15) is 13.2 Å². The summed E-state index contributed by atoms with van der Waals surface area (Å²) in [7, 11) is 0. The Labute approximate surface area is 568 Å². The number of aromatic carboxylic acids is 1. The third-order valence-corrected chi connectivity index (χ3v) is 21.1. The van der Waals surface area contributed by atoms with E-state index >= 15 is 13.6 Å². The fourth-order valence-corrected chi connectivity index (χ4v) is 15.7. The number of unbranched alkanes of at least 4 members (excludes halogenated alkanes) is 4. The first kappa shape index (κ1) is 70.8. The van der Waals surface area contributed by atoms with Crippen LogP contribution in [0.1, 0.15) is 129 Å². The summed E-state index contributed by atoms with van der Waals surface area (Å²) in [6.07, 6.45) is -8.84. The number of esters is 3. The Morgan fingerprint density at radius 2 is 1.47 bits per heavy atom. The van der Waals surface area contributed by atoms with Gasteiger partial charge in [0, 0.05) is 66.3 Å². The van der Waals surface area contributed by atoms with E-state index in [1.54, 1.807) is 48.5 Å². The molecule has 4 aromatic carbocycles. The molecule has 27 heteroatoms. The van der Waals surface area contributed by atoms with Crippen molar-refractivity contribution in [1.29, 1.82) is 0 Å². The average molecular weight is 1390 g/mol. The Hall–Kier alpha value is -9.02. The standard InChI is InChI=1S/C73H74F6N4O17/c1-37-52(31-73(95)63(99-66(93)40-19-13-10-14-20-40)61-69(5,62(89)59(87)57(37)68(73,3)4)53(85)30-54-72(61,36-96-54)100-38(2)84)98-67(94)60(88)58(39-17-11-9-12-18-39)81-55(86)21-15-7-6-8-16-24-80-64(90)41-22-23-42(65(91)92)43(25-41)56-44-26-46(74)48(82-32-70(76,77)33-82)28-50(44)97-51-29-49(47(75)27-45(51)56)83-34-71(78,79)35-83/h9-14,17-20,22-23,25-29,52-54,58-61,63,85,87-88,95H,6-8,15-16,21,24,30-36H2,1-5H3,(H2-,80,81,86,90,91,92)/p+1/t52-,53-,54+,58-,59+,60+,61-,63-,69+,72-,73+/m0/s1. The van der Waals surface area contributed by atoms with E-state index in [1.165, 1.54) is 52.0 Å². The van der Waals surface area contributed by atoms with E-state index < -0.39 is 174 Å². The number of hydrogen-bond donors (Lipinski definition) is 7. The highest BCUT2D eigenvalue weighted by Crippen LogP contribution is 2.64. The molecule has 0 aromatic heterocycles. The molecule has 530 valence electrons. The van der Waals surface area contributed by atoms with E-state index in [4.69, 9.17) is 23.4 Å². The SMILES string of the molecule is CC(=O)O[C@@]12CO[C@@H]1C[C@H](O)[C@@]1(C)C(=O)[C@H](O)C3=C(C)[C@@H](OC(=O)[C@H](O)[C@@H](NC(=O)CCCCCCCNC(=O)c4ccc(C(=O)O)c(-c5c6cc(F)c(=[N+]7CC(F)(F)C7)cc-6oc6cc(N7CC(F)(F)C7)c(F)cc56)c4)c4ccccc4)C[C@@](O)([C@@H](OC(=O)c4ccccc4)[C@H]21)C3(C)C. The first-order valence-corrected chi connectivity index (χ1v) is 33.0. The van der Waals surface area contributed by atoms with E-state index in [1.807, 2.05) is 0 Å². The summed E-state index contributed by atoms with van der Waals surface area (Å²) in [6, 6.07) is 22.1. The summed E-state index contributed by atoms with van der Waals surface area (Å²) >= 11 is 0. The summed E-state index contributed by atoms with van der Waals surface area (Å²) < 4.78 is 119. The molecule has 5 fully saturated rings. The number of Topliss-reactive ketones (excluding diaryl/α,β-unsaturated/α-hetero) is 1. The number of ketones is 1. The fourth-order valence-electron chi connectivity index (χ4n) is 15.7. The van der Waals surface area contributed by atoms with Gasteiger partial charge in [-0.1, -0.05) is 81.6 Å². The summed E-state index contributed by atoms with van der Waals surface area (Å²) in [6.45, 7) is 3.53. The van der Waals surface area contributed by atoms with Crippen LogP contribution in [0.3, 0.4) is 0 Å². The van der Waals surface area contributed by atoms with Crippen molar-refractivity contribution in [3.63, 3.8) is 0 Å². The lowest BCUT2D eigenvalue weighted by molar-refractivity contribution is -0.346. The zero-order valence-corrected chi connectivity index (χ0v) is 55.1. The van der Waals surface area contributed by atoms with Gasteiger partial charge in [0.15, 0.2) is 23.3 Å². The van der Waals surface area contributed by atoms with Crippen LogP contribution >= 0.6 is 0 Å². The van der Waals surface area contributed by atoms with Crippen LogP contribution in [-0.4, -0.2) is 166 Å². The topological polar surface area (TPSA) is 301 Å². The Kier molecular flexibility index (Phi) is 18.8. The number of carboxylic acids is 1. The Balaban J connectivity index is 0.712. The van der Waals surface area contributed by atoms with Crippen molar-refractivity contribution in [2.24, 2.45) is 16.7 Å². The molecule has 2 amide bonds. The zero-order valence-electron chi connectivity index (χ0n) is 55.1. The van der Waals surface area contributed by atoms with Gasteiger partial charge in [0.2, 0.25) is 24.4 Å². The summed E-state index contributed by atoms with van der Waals surface area (Å²) in [5.41, 5.74) is -9.00. The molecular weight excluding hydrogens is 1320 g/mol. The smallest absolute Gasteiger partial charge is 0.361 e. The van der Waals surface area contributed by atoms with Crippen molar-refractivity contribution in [3.8, 4) is 22.5 Å². The number of carbonyl (C=O) groups excluding carboxylic acids is 6. The normalized spacial score (nSPS) is 26.8. The number of carbonyl (C=O) groups is 7. The molecule has 12 rings (SSSR count). The van der Waals surface area contributed by atoms with Crippen LogP contribution in [0.15, 0.2) is 119 Å². The molecule has 4 aliphatic carbocycles. The van der Waals surface area contributed by atoms with Gasteiger partial charge < -0.3 is 64.4 Å². The summed E-state index contributed by atoms with van der Waals surface area (Å²) in [5, 5.41) is 65.7. The number of halogens is 6. The Morgan fingerprint density at radius 3 is 2.11 bits per heavy atom. The van der Waals surface area contributed by atoms with Gasteiger partial charge in [0.1, 0.15) is 47.2 Å². The lowest BCUT2D eigenvalue weighted by atomic mass is 9.44. The lowest BCUT2D eigenvalue weighted by Crippen LogP contribution is -2.81. The second-order valence-corrected chi connectivity index (χ2v) is 27.8. The van der Waals surface area contributed by atoms with E-state index in [2.05, 4.69) is 10.6 Å². The highest BCUT2D eigenvalue weighted by molar-refractivity contribution is 6.09. The summed E-state index contributed by atoms with van der Waals surface area (Å²) in [4.78, 5) is 98.7. The monoisotopic (exact) mass is 1390 g/mol. The minimum atomic E-state index is -3.10. The number of ether oxygens (including phenoxy) is 4. The lowest BCUT2D eigenvalue weighted by Gasteiger charge is -2.67. The van der Waals surface area contributed by atoms with E-state index in [0.717, 1.165) is 46.7 Å². The maximum absolute atomic E-state index is 16.0. The number of nitrogens with one attached hydrogen (secondary N) is 2. The second kappa shape index (κ2) is 26.5. The number of fused-ring (bicyclic) bond motifs is 7. The van der Waals surface area contributed by atoms with Gasteiger partial charge in [0.25, 0.3) is 11.8 Å². The Morgan fingerprint density at radius 1 is 0.800 bits per heavy atom. The number of anilines is 1. The minimum Gasteiger partial charge on any atom is -0.478 e. The van der Waals surface area contributed by atoms with Crippen molar-refractivity contribution in [3.05, 3.63) is 154 Å². The van der Waals surface area contributed by atoms with Crippen LogP contribution in [0.25, 0.3) is 33.4 Å². The van der Waals surface area contributed by atoms with Gasteiger partial charge in [0.05, 0.1) is 66.1 Å².